The molecule has 0 aliphatic carbocycles. The van der Waals surface area contributed by atoms with Gasteiger partial charge in [-0.25, -0.2) is 9.59 Å². The second kappa shape index (κ2) is 8.00. The van der Waals surface area contributed by atoms with Crippen molar-refractivity contribution in [3.05, 3.63) is 0 Å². The van der Waals surface area contributed by atoms with Crippen LogP contribution in [-0.4, -0.2) is 41.7 Å². The van der Waals surface area contributed by atoms with Crippen LogP contribution in [0.5, 0.6) is 0 Å². The molecule has 0 aliphatic rings. The first kappa shape index (κ1) is 13.7. The highest BCUT2D eigenvalue weighted by molar-refractivity contribution is 7.98. The maximum Gasteiger partial charge on any atom is 0.326 e. The zero-order valence-corrected chi connectivity index (χ0v) is 9.26. The smallest absolute Gasteiger partial charge is 0.326 e. The molecule has 0 aromatic heterocycles. The van der Waals surface area contributed by atoms with Gasteiger partial charge in [-0.1, -0.05) is 5.92 Å². The fraction of sp³-hybridized carbons (Fsp3) is 0.556. The fourth-order valence-corrected chi connectivity index (χ4v) is 1.31. The number of hydrogen-bond donors (Lipinski definition) is 3. The van der Waals surface area contributed by atoms with E-state index in [0.717, 1.165) is 0 Å². The number of carboxylic acids is 1. The summed E-state index contributed by atoms with van der Waals surface area (Å²) in [5.41, 5.74) is 0. The van der Waals surface area contributed by atoms with Crippen LogP contribution in [0, 0.1) is 12.3 Å². The average Bonchev–Trinajstić information content (AvgIpc) is 2.20. The van der Waals surface area contributed by atoms with Crippen molar-refractivity contribution in [1.29, 1.82) is 0 Å². The largest absolute Gasteiger partial charge is 0.480 e. The molecule has 6 heteroatoms. The molecule has 0 aliphatic heterocycles. The lowest BCUT2D eigenvalue weighted by molar-refractivity contribution is -0.139. The van der Waals surface area contributed by atoms with Crippen molar-refractivity contribution in [3.63, 3.8) is 0 Å². The van der Waals surface area contributed by atoms with E-state index in [-0.39, 0.29) is 6.54 Å². The lowest BCUT2D eigenvalue weighted by Crippen LogP contribution is -2.46. The van der Waals surface area contributed by atoms with Crippen molar-refractivity contribution in [3.8, 4) is 12.3 Å². The molecule has 0 heterocycles. The number of carbonyl (C=O) groups excluding carboxylic acids is 1. The van der Waals surface area contributed by atoms with E-state index < -0.39 is 18.0 Å². The Balaban J connectivity index is 3.99. The van der Waals surface area contributed by atoms with E-state index in [1.807, 2.05) is 6.26 Å². The molecule has 84 valence electrons. The van der Waals surface area contributed by atoms with Crippen molar-refractivity contribution < 1.29 is 14.7 Å². The Kier molecular flexibility index (Phi) is 7.28. The van der Waals surface area contributed by atoms with Gasteiger partial charge in [0.25, 0.3) is 0 Å². The third-order valence-corrected chi connectivity index (χ3v) is 2.21. The summed E-state index contributed by atoms with van der Waals surface area (Å²) in [5, 5.41) is 13.4. The van der Waals surface area contributed by atoms with Crippen molar-refractivity contribution in [2.45, 2.75) is 12.5 Å². The van der Waals surface area contributed by atoms with Crippen LogP contribution < -0.4 is 10.6 Å². The minimum atomic E-state index is -1.04. The third kappa shape index (κ3) is 6.69. The van der Waals surface area contributed by atoms with Gasteiger partial charge in [-0.15, -0.1) is 6.42 Å². The van der Waals surface area contributed by atoms with Gasteiger partial charge in [0.1, 0.15) is 6.04 Å². The van der Waals surface area contributed by atoms with Gasteiger partial charge in [0, 0.05) is 0 Å². The number of carbonyl (C=O) groups is 2. The van der Waals surface area contributed by atoms with Crippen molar-refractivity contribution >= 4 is 23.8 Å². The highest BCUT2D eigenvalue weighted by Crippen LogP contribution is 2.00. The minimum Gasteiger partial charge on any atom is -0.480 e. The number of amides is 2. The van der Waals surface area contributed by atoms with Crippen LogP contribution in [0.3, 0.4) is 0 Å². The second-order valence-electron chi connectivity index (χ2n) is 2.70. The molecule has 0 aromatic carbocycles. The Labute approximate surface area is 93.0 Å². The van der Waals surface area contributed by atoms with E-state index in [2.05, 4.69) is 16.6 Å². The van der Waals surface area contributed by atoms with E-state index >= 15 is 0 Å². The summed E-state index contributed by atoms with van der Waals surface area (Å²) < 4.78 is 0. The third-order valence-electron chi connectivity index (χ3n) is 1.57. The minimum absolute atomic E-state index is 0.0840. The molecule has 0 radical (unpaired) electrons. The normalized spacial score (nSPS) is 11.2. The van der Waals surface area contributed by atoms with E-state index in [1.165, 1.54) is 11.8 Å². The van der Waals surface area contributed by atoms with Crippen LogP contribution in [0.1, 0.15) is 6.42 Å². The van der Waals surface area contributed by atoms with E-state index in [1.54, 1.807) is 0 Å². The quantitative estimate of drug-likeness (QED) is 0.567. The van der Waals surface area contributed by atoms with Crippen LogP contribution in [0.4, 0.5) is 4.79 Å². The first-order valence-corrected chi connectivity index (χ1v) is 5.70. The van der Waals surface area contributed by atoms with Gasteiger partial charge < -0.3 is 15.7 Å². The average molecular weight is 230 g/mol. The Hall–Kier alpha value is -1.35. The Bertz CT molecular complexity index is 263. The molecule has 0 bridgehead atoms. The van der Waals surface area contributed by atoms with Crippen LogP contribution in [-0.2, 0) is 4.79 Å². The summed E-state index contributed by atoms with van der Waals surface area (Å²) in [5.74, 6) is 1.85. The Morgan fingerprint density at radius 2 is 2.27 bits per heavy atom. The lowest BCUT2D eigenvalue weighted by Gasteiger charge is -2.13. The molecule has 0 spiro atoms. The maximum atomic E-state index is 11.1. The van der Waals surface area contributed by atoms with Crippen LogP contribution in [0.25, 0.3) is 0 Å². The van der Waals surface area contributed by atoms with Crippen molar-refractivity contribution in [2.24, 2.45) is 0 Å². The Morgan fingerprint density at radius 1 is 1.60 bits per heavy atom. The first-order chi connectivity index (χ1) is 7.11. The van der Waals surface area contributed by atoms with Crippen molar-refractivity contribution in [2.75, 3.05) is 18.6 Å². The number of aliphatic carboxylic acids is 1. The van der Waals surface area contributed by atoms with Gasteiger partial charge in [0.15, 0.2) is 0 Å². The summed E-state index contributed by atoms with van der Waals surface area (Å²) in [7, 11) is 0. The van der Waals surface area contributed by atoms with E-state index in [0.29, 0.717) is 12.2 Å². The molecule has 3 N–H and O–H groups in total. The monoisotopic (exact) mass is 230 g/mol. The molecule has 2 amide bonds. The maximum absolute atomic E-state index is 11.1. The van der Waals surface area contributed by atoms with E-state index in [4.69, 9.17) is 11.5 Å². The number of carboxylic acid groups (broad SMARTS) is 1. The SMILES string of the molecule is C#CCNC(=O)N[C@H](CCSC)C(=O)O. The fourth-order valence-electron chi connectivity index (χ4n) is 0.834. The molecular formula is C9H14N2O3S. The summed E-state index contributed by atoms with van der Waals surface area (Å²) in [4.78, 5) is 21.8. The number of thioether (sulfide) groups is 1. The predicted molar refractivity (Wildman–Crippen MR) is 59.8 cm³/mol. The van der Waals surface area contributed by atoms with Crippen LogP contribution in [0.15, 0.2) is 0 Å². The zero-order chi connectivity index (χ0) is 11.7. The van der Waals surface area contributed by atoms with Gasteiger partial charge in [0.05, 0.1) is 6.54 Å². The lowest BCUT2D eigenvalue weighted by atomic mass is 10.2. The standard InChI is InChI=1S/C9H14N2O3S/c1-3-5-10-9(14)11-7(8(12)13)4-6-15-2/h1,7H,4-6H2,2H3,(H,12,13)(H2,10,11,14)/t7-/m1/s1. The summed E-state index contributed by atoms with van der Waals surface area (Å²) >= 11 is 1.52. The molecule has 1 atom stereocenters. The summed E-state index contributed by atoms with van der Waals surface area (Å²) in [6.45, 7) is 0.0840. The molecule has 0 unspecified atom stereocenters. The van der Waals surface area contributed by atoms with Gasteiger partial charge in [0.2, 0.25) is 0 Å². The molecule has 0 saturated carbocycles. The molecule has 0 aromatic rings. The number of rotatable bonds is 6. The van der Waals surface area contributed by atoms with Gasteiger partial charge >= 0.3 is 12.0 Å². The number of urea groups is 1. The summed E-state index contributed by atoms with van der Waals surface area (Å²) in [6, 6.07) is -1.42. The second-order valence-corrected chi connectivity index (χ2v) is 3.69. The highest BCUT2D eigenvalue weighted by atomic mass is 32.2. The molecule has 0 rings (SSSR count). The predicted octanol–water partition coefficient (Wildman–Crippen LogP) is 0.125. The molecule has 5 nitrogen and oxygen atoms in total. The van der Waals surface area contributed by atoms with Gasteiger partial charge in [-0.3, -0.25) is 0 Å². The molecule has 0 fully saturated rings. The zero-order valence-electron chi connectivity index (χ0n) is 8.45. The van der Waals surface area contributed by atoms with Crippen molar-refractivity contribution in [1.82, 2.24) is 10.6 Å². The first-order valence-electron chi connectivity index (χ1n) is 4.31. The van der Waals surface area contributed by atoms with Crippen LogP contribution >= 0.6 is 11.8 Å². The molecular weight excluding hydrogens is 216 g/mol. The molecule has 0 saturated heterocycles. The highest BCUT2D eigenvalue weighted by Gasteiger charge is 2.18. The van der Waals surface area contributed by atoms with Gasteiger partial charge in [-0.2, -0.15) is 11.8 Å². The van der Waals surface area contributed by atoms with Gasteiger partial charge in [-0.05, 0) is 18.4 Å². The topological polar surface area (TPSA) is 78.4 Å². The Morgan fingerprint density at radius 3 is 2.73 bits per heavy atom. The number of terminal acetylenes is 1. The van der Waals surface area contributed by atoms with Crippen LogP contribution in [0.2, 0.25) is 0 Å². The number of hydrogen-bond acceptors (Lipinski definition) is 3. The summed E-state index contributed by atoms with van der Waals surface area (Å²) in [6.07, 6.45) is 7.20. The molecule has 15 heavy (non-hydrogen) atoms. The number of nitrogens with one attached hydrogen (secondary N) is 2. The van der Waals surface area contributed by atoms with E-state index in [9.17, 15) is 9.59 Å².